The lowest BCUT2D eigenvalue weighted by atomic mass is 10.0. The average molecular weight is 263 g/mol. The van der Waals surface area contributed by atoms with Gasteiger partial charge in [0.2, 0.25) is 0 Å². The molecule has 0 spiro atoms. The summed E-state index contributed by atoms with van der Waals surface area (Å²) in [5.41, 5.74) is 0.398. The van der Waals surface area contributed by atoms with Gasteiger partial charge < -0.3 is 15.1 Å². The van der Waals surface area contributed by atoms with Gasteiger partial charge in [-0.25, -0.2) is 9.97 Å². The van der Waals surface area contributed by atoms with Crippen molar-refractivity contribution in [2.75, 3.05) is 39.5 Å². The fourth-order valence-corrected chi connectivity index (χ4v) is 2.37. The molecule has 104 valence electrons. The quantitative estimate of drug-likeness (QED) is 0.869. The Morgan fingerprint density at radius 3 is 2.84 bits per heavy atom. The Bertz CT molecular complexity index is 433. The van der Waals surface area contributed by atoms with Gasteiger partial charge in [0.1, 0.15) is 11.5 Å². The topological polar surface area (TPSA) is 61.4 Å². The Kier molecular flexibility index (Phi) is 4.31. The number of rotatable bonds is 3. The Labute approximate surface area is 113 Å². The summed E-state index contributed by atoms with van der Waals surface area (Å²) in [6.45, 7) is 2.03. The molecule has 19 heavy (non-hydrogen) atoms. The molecule has 0 aliphatic carbocycles. The van der Waals surface area contributed by atoms with E-state index in [1.165, 1.54) is 6.20 Å². The van der Waals surface area contributed by atoms with E-state index >= 15 is 0 Å². The zero-order chi connectivity index (χ0) is 13.8. The predicted molar refractivity (Wildman–Crippen MR) is 74.2 cm³/mol. The van der Waals surface area contributed by atoms with Crippen LogP contribution in [-0.2, 0) is 0 Å². The van der Waals surface area contributed by atoms with E-state index in [0.717, 1.165) is 25.9 Å². The second-order valence-corrected chi connectivity index (χ2v) is 5.01. The van der Waals surface area contributed by atoms with Gasteiger partial charge in [-0.1, -0.05) is 0 Å². The van der Waals surface area contributed by atoms with Crippen molar-refractivity contribution in [1.82, 2.24) is 19.8 Å². The number of likely N-dealkylation sites (N-methyl/N-ethyl adjacent to an activating group) is 2. The van der Waals surface area contributed by atoms with E-state index in [1.807, 2.05) is 7.05 Å². The molecule has 0 radical (unpaired) electrons. The van der Waals surface area contributed by atoms with Gasteiger partial charge in [0.15, 0.2) is 0 Å². The average Bonchev–Trinajstić information content (AvgIpc) is 2.46. The molecule has 2 rings (SSSR count). The van der Waals surface area contributed by atoms with Crippen LogP contribution in [-0.4, -0.2) is 65.9 Å². The number of anilines is 1. The molecule has 1 unspecified atom stereocenters. The number of aromatic nitrogens is 2. The summed E-state index contributed by atoms with van der Waals surface area (Å²) in [5.74, 6) is 0.604. The summed E-state index contributed by atoms with van der Waals surface area (Å²) in [6, 6.07) is 0.261. The second kappa shape index (κ2) is 5.97. The lowest BCUT2D eigenvalue weighted by Crippen LogP contribution is -2.47. The molecule has 1 aromatic heterocycles. The minimum atomic E-state index is -0.0598. The van der Waals surface area contributed by atoms with Gasteiger partial charge in [-0.05, 0) is 26.4 Å². The monoisotopic (exact) mass is 263 g/mol. The summed E-state index contributed by atoms with van der Waals surface area (Å²) >= 11 is 0. The first-order chi connectivity index (χ1) is 9.11. The molecule has 6 heteroatoms. The second-order valence-electron chi connectivity index (χ2n) is 5.01. The molecule has 1 aromatic rings. The lowest BCUT2D eigenvalue weighted by Gasteiger charge is -2.35. The van der Waals surface area contributed by atoms with Crippen molar-refractivity contribution in [3.63, 3.8) is 0 Å². The van der Waals surface area contributed by atoms with Gasteiger partial charge in [0.25, 0.3) is 5.91 Å². The third kappa shape index (κ3) is 3.20. The minimum absolute atomic E-state index is 0.0598. The van der Waals surface area contributed by atoms with Gasteiger partial charge in [0, 0.05) is 26.7 Å². The smallest absolute Gasteiger partial charge is 0.274 e. The Hall–Kier alpha value is -1.69. The first-order valence-corrected chi connectivity index (χ1v) is 6.57. The molecular formula is C13H21N5O. The summed E-state index contributed by atoms with van der Waals surface area (Å²) in [6.07, 6.45) is 5.28. The maximum absolute atomic E-state index is 12.3. The van der Waals surface area contributed by atoms with Crippen molar-refractivity contribution >= 4 is 11.7 Å². The lowest BCUT2D eigenvalue weighted by molar-refractivity contribution is 0.0638. The van der Waals surface area contributed by atoms with Crippen molar-refractivity contribution in [3.8, 4) is 0 Å². The third-order valence-corrected chi connectivity index (χ3v) is 3.59. The van der Waals surface area contributed by atoms with Crippen molar-refractivity contribution < 1.29 is 4.79 Å². The van der Waals surface area contributed by atoms with E-state index in [2.05, 4.69) is 27.2 Å². The summed E-state index contributed by atoms with van der Waals surface area (Å²) in [5, 5.41) is 2.89. The number of nitrogens with one attached hydrogen (secondary N) is 1. The van der Waals surface area contributed by atoms with Crippen LogP contribution in [0.25, 0.3) is 0 Å². The molecule has 1 N–H and O–H groups in total. The number of hydrogen-bond donors (Lipinski definition) is 1. The van der Waals surface area contributed by atoms with Crippen LogP contribution in [0.4, 0.5) is 5.82 Å². The normalized spacial score (nSPS) is 20.1. The van der Waals surface area contributed by atoms with Crippen molar-refractivity contribution in [1.29, 1.82) is 0 Å². The maximum atomic E-state index is 12.3. The molecule has 1 aliphatic heterocycles. The largest absolute Gasteiger partial charge is 0.372 e. The summed E-state index contributed by atoms with van der Waals surface area (Å²) in [7, 11) is 5.71. The van der Waals surface area contributed by atoms with E-state index in [0.29, 0.717) is 11.5 Å². The van der Waals surface area contributed by atoms with E-state index in [9.17, 15) is 4.79 Å². The minimum Gasteiger partial charge on any atom is -0.372 e. The van der Waals surface area contributed by atoms with Crippen molar-refractivity contribution in [2.24, 2.45) is 0 Å². The van der Waals surface area contributed by atoms with Crippen LogP contribution in [0.5, 0.6) is 0 Å². The van der Waals surface area contributed by atoms with Crippen LogP contribution in [0.3, 0.4) is 0 Å². The Balaban J connectivity index is 2.05. The molecule has 6 nitrogen and oxygen atoms in total. The fraction of sp³-hybridized carbons (Fsp3) is 0.615. The SMILES string of the molecule is CNc1cnc(C(=O)N(C)C2CCCN(C)C2)cn1. The summed E-state index contributed by atoms with van der Waals surface area (Å²) < 4.78 is 0. The Morgan fingerprint density at radius 1 is 1.47 bits per heavy atom. The van der Waals surface area contributed by atoms with E-state index < -0.39 is 0 Å². The fourth-order valence-electron chi connectivity index (χ4n) is 2.37. The van der Waals surface area contributed by atoms with E-state index in [1.54, 1.807) is 18.1 Å². The first-order valence-electron chi connectivity index (χ1n) is 6.57. The Morgan fingerprint density at radius 2 is 2.26 bits per heavy atom. The van der Waals surface area contributed by atoms with Crippen molar-refractivity contribution in [3.05, 3.63) is 18.1 Å². The number of amides is 1. The molecule has 0 aromatic carbocycles. The number of piperidine rings is 1. The van der Waals surface area contributed by atoms with Crippen molar-refractivity contribution in [2.45, 2.75) is 18.9 Å². The number of likely N-dealkylation sites (tertiary alicyclic amines) is 1. The maximum Gasteiger partial charge on any atom is 0.274 e. The first kappa shape index (κ1) is 13.7. The highest BCUT2D eigenvalue weighted by Gasteiger charge is 2.25. The van der Waals surface area contributed by atoms with Crippen LogP contribution in [0.2, 0.25) is 0 Å². The predicted octanol–water partition coefficient (Wildman–Crippen LogP) is 0.684. The molecule has 1 aliphatic rings. The van der Waals surface area contributed by atoms with Crippen LogP contribution >= 0.6 is 0 Å². The highest BCUT2D eigenvalue weighted by Crippen LogP contribution is 2.15. The molecule has 0 saturated carbocycles. The van der Waals surface area contributed by atoms with Gasteiger partial charge in [0.05, 0.1) is 12.4 Å². The van der Waals surface area contributed by atoms with Gasteiger partial charge in [-0.15, -0.1) is 0 Å². The molecule has 1 saturated heterocycles. The highest BCUT2D eigenvalue weighted by atomic mass is 16.2. The summed E-state index contributed by atoms with van der Waals surface area (Å²) in [4.78, 5) is 24.7. The standard InChI is InChI=1S/C13H21N5O/c1-14-12-8-15-11(7-16-12)13(19)18(3)10-5-4-6-17(2)9-10/h7-8,10H,4-6,9H2,1-3H3,(H,14,16). The van der Waals surface area contributed by atoms with Gasteiger partial charge in [-0.3, -0.25) is 4.79 Å². The van der Waals surface area contributed by atoms with Crippen LogP contribution in [0.1, 0.15) is 23.3 Å². The molecule has 0 bridgehead atoms. The molecule has 1 atom stereocenters. The molecule has 1 fully saturated rings. The van der Waals surface area contributed by atoms with Gasteiger partial charge in [-0.2, -0.15) is 0 Å². The zero-order valence-electron chi connectivity index (χ0n) is 11.8. The highest BCUT2D eigenvalue weighted by molar-refractivity contribution is 5.92. The van der Waals surface area contributed by atoms with E-state index in [4.69, 9.17) is 0 Å². The molecule has 1 amide bonds. The number of carbonyl (C=O) groups excluding carboxylic acids is 1. The van der Waals surface area contributed by atoms with E-state index in [-0.39, 0.29) is 11.9 Å². The van der Waals surface area contributed by atoms with Crippen LogP contribution < -0.4 is 5.32 Å². The number of hydrogen-bond acceptors (Lipinski definition) is 5. The van der Waals surface area contributed by atoms with Gasteiger partial charge >= 0.3 is 0 Å². The number of nitrogens with zero attached hydrogens (tertiary/aromatic N) is 4. The number of carbonyl (C=O) groups is 1. The van der Waals surface area contributed by atoms with Crippen LogP contribution in [0, 0.1) is 0 Å². The third-order valence-electron chi connectivity index (χ3n) is 3.59. The van der Waals surface area contributed by atoms with Crippen LogP contribution in [0.15, 0.2) is 12.4 Å². The zero-order valence-corrected chi connectivity index (χ0v) is 11.8. The molecular weight excluding hydrogens is 242 g/mol. The molecule has 2 heterocycles.